The van der Waals surface area contributed by atoms with Crippen LogP contribution in [-0.2, 0) is 9.59 Å². The van der Waals surface area contributed by atoms with Crippen LogP contribution in [0.15, 0.2) is 0 Å². The molecule has 0 aliphatic rings. The lowest BCUT2D eigenvalue weighted by molar-refractivity contribution is -0.139. The quantitative estimate of drug-likeness (QED) is 0.306. The molecule has 8 N–H and O–H groups in total. The first kappa shape index (κ1) is 16.6. The van der Waals surface area contributed by atoms with Crippen LogP contribution in [-0.4, -0.2) is 46.5 Å². The second kappa shape index (κ2) is 9.71. The van der Waals surface area contributed by atoms with Gasteiger partial charge >= 0.3 is 11.9 Å². The monoisotopic (exact) mass is 239 g/mol. The number of hydrogen-bond acceptors (Lipinski definition) is 6. The van der Waals surface area contributed by atoms with Crippen LogP contribution in [0.2, 0.25) is 0 Å². The van der Waals surface area contributed by atoms with E-state index in [0.29, 0.717) is 13.0 Å². The Morgan fingerprint density at radius 1 is 1.13 bits per heavy atom. The van der Waals surface area contributed by atoms with Crippen molar-refractivity contribution in [3.8, 4) is 0 Å². The Kier molecular flexibility index (Phi) is 10.7. The Balaban J connectivity index is 0. The molecule has 0 aliphatic carbocycles. The first-order chi connectivity index (χ1) is 6.86. The van der Waals surface area contributed by atoms with E-state index in [1.165, 1.54) is 0 Å². The third-order valence-corrected chi connectivity index (χ3v) is 1.70. The van der Waals surface area contributed by atoms with Gasteiger partial charge in [-0.15, -0.1) is 0 Å². The van der Waals surface area contributed by atoms with E-state index in [4.69, 9.17) is 27.4 Å². The summed E-state index contributed by atoms with van der Waals surface area (Å²) in [6, 6.07) is -1.61. The summed E-state index contributed by atoms with van der Waals surface area (Å²) in [5.41, 5.74) is 15.0. The van der Waals surface area contributed by atoms with Crippen molar-refractivity contribution < 1.29 is 19.8 Å². The van der Waals surface area contributed by atoms with Crippen LogP contribution in [0.25, 0.3) is 0 Å². The van der Waals surface area contributed by atoms with Gasteiger partial charge in [0.15, 0.2) is 0 Å². The van der Waals surface area contributed by atoms with E-state index in [1.807, 2.05) is 0 Å². The smallest absolute Gasteiger partial charge is 0.321 e. The summed E-state index contributed by atoms with van der Waals surface area (Å²) in [5.74, 6) is -1.81. The van der Waals surface area contributed by atoms with E-state index < -0.39 is 24.0 Å². The first-order valence-electron chi connectivity index (χ1n) is 4.14. The van der Waals surface area contributed by atoms with Gasteiger partial charge < -0.3 is 27.4 Å². The molecule has 0 aromatic rings. The van der Waals surface area contributed by atoms with Gasteiger partial charge in [-0.05, 0) is 13.0 Å². The first-order valence-corrected chi connectivity index (χ1v) is 4.77. The molecule has 8 heteroatoms. The highest BCUT2D eigenvalue weighted by Crippen LogP contribution is 1.82. The Labute approximate surface area is 93.0 Å². The van der Waals surface area contributed by atoms with E-state index in [1.54, 1.807) is 0 Å². The average molecular weight is 239 g/mol. The molecular weight excluding hydrogens is 222 g/mol. The standard InChI is InChI=1S/C4H10N2O2.C3H7NO2S/c5-2-1-3(6)4(7)8;4-2(1-7)3(5)6/h3H,1-2,5-6H2,(H,7,8);2,7H,1,4H2,(H,5,6). The zero-order chi connectivity index (χ0) is 12.4. The van der Waals surface area contributed by atoms with Gasteiger partial charge in [-0.2, -0.15) is 12.6 Å². The van der Waals surface area contributed by atoms with Crippen LogP contribution < -0.4 is 17.2 Å². The summed E-state index contributed by atoms with van der Waals surface area (Å²) in [6.07, 6.45) is 0.343. The van der Waals surface area contributed by atoms with Crippen molar-refractivity contribution in [3.05, 3.63) is 0 Å². The molecule has 0 amide bonds. The third kappa shape index (κ3) is 11.1. The van der Waals surface area contributed by atoms with Gasteiger partial charge in [0.1, 0.15) is 12.1 Å². The van der Waals surface area contributed by atoms with E-state index in [0.717, 1.165) is 0 Å². The minimum Gasteiger partial charge on any atom is -0.480 e. The summed E-state index contributed by atoms with van der Waals surface area (Å²) >= 11 is 3.65. The predicted octanol–water partition coefficient (Wildman–Crippen LogP) is -1.92. The van der Waals surface area contributed by atoms with Crippen LogP contribution >= 0.6 is 12.6 Å². The molecule has 0 saturated carbocycles. The number of thiol groups is 1. The number of nitrogens with two attached hydrogens (primary N) is 3. The fourth-order valence-corrected chi connectivity index (χ4v) is 0.537. The second-order valence-corrected chi connectivity index (χ2v) is 3.01. The van der Waals surface area contributed by atoms with Crippen molar-refractivity contribution in [3.63, 3.8) is 0 Å². The molecule has 0 aromatic carbocycles. The van der Waals surface area contributed by atoms with Gasteiger partial charge in [-0.3, -0.25) is 9.59 Å². The molecule has 0 bridgehead atoms. The lowest BCUT2D eigenvalue weighted by Crippen LogP contribution is -2.32. The summed E-state index contributed by atoms with van der Waals surface area (Å²) in [7, 11) is 0. The minimum absolute atomic E-state index is 0.190. The van der Waals surface area contributed by atoms with Crippen molar-refractivity contribution in [1.29, 1.82) is 0 Å². The largest absolute Gasteiger partial charge is 0.480 e. The fraction of sp³-hybridized carbons (Fsp3) is 0.714. The average Bonchev–Trinajstić information content (AvgIpc) is 2.17. The maximum absolute atomic E-state index is 9.91. The zero-order valence-corrected chi connectivity index (χ0v) is 9.06. The van der Waals surface area contributed by atoms with Crippen molar-refractivity contribution in [2.24, 2.45) is 17.2 Å². The molecule has 0 spiro atoms. The van der Waals surface area contributed by atoms with Crippen LogP contribution in [0.5, 0.6) is 0 Å². The Morgan fingerprint density at radius 2 is 1.53 bits per heavy atom. The van der Waals surface area contributed by atoms with Gasteiger partial charge in [-0.25, -0.2) is 0 Å². The normalized spacial score (nSPS) is 13.3. The maximum Gasteiger partial charge on any atom is 0.321 e. The molecule has 0 aromatic heterocycles. The molecule has 90 valence electrons. The van der Waals surface area contributed by atoms with Gasteiger partial charge in [0.05, 0.1) is 0 Å². The Morgan fingerprint density at radius 3 is 1.60 bits per heavy atom. The van der Waals surface area contributed by atoms with Crippen molar-refractivity contribution in [1.82, 2.24) is 0 Å². The molecule has 0 saturated heterocycles. The SMILES string of the molecule is NC(CS)C(=O)O.NCCC(N)C(=O)O. The van der Waals surface area contributed by atoms with Crippen LogP contribution in [0.4, 0.5) is 0 Å². The highest BCUT2D eigenvalue weighted by atomic mass is 32.1. The summed E-state index contributed by atoms with van der Waals surface area (Å²) in [6.45, 7) is 0.327. The van der Waals surface area contributed by atoms with Crippen molar-refractivity contribution >= 4 is 24.6 Å². The predicted molar refractivity (Wildman–Crippen MR) is 58.7 cm³/mol. The molecule has 2 unspecified atom stereocenters. The van der Waals surface area contributed by atoms with E-state index in [-0.39, 0.29) is 5.75 Å². The number of carboxylic acids is 2. The Bertz CT molecular complexity index is 203. The molecule has 15 heavy (non-hydrogen) atoms. The van der Waals surface area contributed by atoms with Crippen LogP contribution in [0.1, 0.15) is 6.42 Å². The highest BCUT2D eigenvalue weighted by Gasteiger charge is 2.08. The lowest BCUT2D eigenvalue weighted by Gasteiger charge is -2.00. The van der Waals surface area contributed by atoms with E-state index >= 15 is 0 Å². The molecule has 0 rings (SSSR count). The summed E-state index contributed by atoms with van der Waals surface area (Å²) < 4.78 is 0. The molecule has 0 aliphatic heterocycles. The van der Waals surface area contributed by atoms with Gasteiger partial charge in [0.25, 0.3) is 0 Å². The van der Waals surface area contributed by atoms with E-state index in [9.17, 15) is 9.59 Å². The molecule has 7 nitrogen and oxygen atoms in total. The molecule has 0 fully saturated rings. The van der Waals surface area contributed by atoms with Crippen LogP contribution in [0, 0.1) is 0 Å². The number of aliphatic carboxylic acids is 2. The topological polar surface area (TPSA) is 153 Å². The third-order valence-electron chi connectivity index (χ3n) is 1.31. The van der Waals surface area contributed by atoms with Crippen molar-refractivity contribution in [2.75, 3.05) is 12.3 Å². The molecule has 2 atom stereocenters. The van der Waals surface area contributed by atoms with E-state index in [2.05, 4.69) is 12.6 Å². The van der Waals surface area contributed by atoms with Crippen molar-refractivity contribution in [2.45, 2.75) is 18.5 Å². The number of hydrogen-bond donors (Lipinski definition) is 6. The fourth-order valence-electron chi connectivity index (χ4n) is 0.381. The highest BCUT2D eigenvalue weighted by molar-refractivity contribution is 7.80. The molecular formula is C7H17N3O4S. The Hall–Kier alpha value is -0.830. The zero-order valence-electron chi connectivity index (χ0n) is 8.17. The number of carbonyl (C=O) groups is 2. The number of carboxylic acid groups (broad SMARTS) is 2. The van der Waals surface area contributed by atoms with Crippen LogP contribution in [0.3, 0.4) is 0 Å². The van der Waals surface area contributed by atoms with Gasteiger partial charge in [0.2, 0.25) is 0 Å². The van der Waals surface area contributed by atoms with Gasteiger partial charge in [0, 0.05) is 5.75 Å². The maximum atomic E-state index is 9.91. The number of rotatable bonds is 5. The summed E-state index contributed by atoms with van der Waals surface area (Å²) in [4.78, 5) is 19.7. The molecule has 0 heterocycles. The minimum atomic E-state index is -1.00. The second-order valence-electron chi connectivity index (χ2n) is 2.65. The van der Waals surface area contributed by atoms with Gasteiger partial charge in [-0.1, -0.05) is 0 Å². The summed E-state index contributed by atoms with van der Waals surface area (Å²) in [5, 5.41) is 16.1. The lowest BCUT2D eigenvalue weighted by atomic mass is 10.2. The molecule has 0 radical (unpaired) electrons.